The Morgan fingerprint density at radius 2 is 1.36 bits per heavy atom. The van der Waals surface area contributed by atoms with E-state index in [4.69, 9.17) is 0 Å². The van der Waals surface area contributed by atoms with E-state index in [1.165, 1.54) is 7.05 Å². The zero-order valence-electron chi connectivity index (χ0n) is 13.9. The molecule has 6 heteroatoms. The molecule has 0 spiro atoms. The maximum absolute atomic E-state index is 12.1. The summed E-state index contributed by atoms with van der Waals surface area (Å²) in [5.74, 6) is 0. The van der Waals surface area contributed by atoms with Crippen LogP contribution in [-0.2, 0) is 0 Å². The van der Waals surface area contributed by atoms with Crippen molar-refractivity contribution in [2.24, 2.45) is 0 Å². The Kier molecular flexibility index (Phi) is 4.59. The number of carbonyl (C=O) groups is 2. The van der Waals surface area contributed by atoms with Gasteiger partial charge >= 0.3 is 12.1 Å². The van der Waals surface area contributed by atoms with Crippen LogP contribution in [0.3, 0.4) is 0 Å². The summed E-state index contributed by atoms with van der Waals surface area (Å²) < 4.78 is 0. The molecule has 0 saturated carbocycles. The molecule has 1 saturated heterocycles. The highest BCUT2D eigenvalue weighted by atomic mass is 16.2. The van der Waals surface area contributed by atoms with Gasteiger partial charge in [0, 0.05) is 39.9 Å². The van der Waals surface area contributed by atoms with Crippen LogP contribution in [0.1, 0.15) is 25.6 Å². The van der Waals surface area contributed by atoms with E-state index in [-0.39, 0.29) is 18.2 Å². The summed E-state index contributed by atoms with van der Waals surface area (Å²) in [5, 5.41) is 0. The van der Waals surface area contributed by atoms with Crippen molar-refractivity contribution in [2.75, 3.05) is 39.1 Å². The molecule has 1 aromatic rings. The molecule has 1 fully saturated rings. The average Bonchev–Trinajstić information content (AvgIpc) is 2.54. The molecule has 1 aromatic carbocycles. The van der Waals surface area contributed by atoms with Gasteiger partial charge in [-0.1, -0.05) is 12.1 Å². The minimum Gasteiger partial charge on any atom is -0.372 e. The van der Waals surface area contributed by atoms with Crippen LogP contribution in [0.4, 0.5) is 15.3 Å². The standard InChI is InChI=1S/C16H24N4O2/c1-6-20(7-2)13-10-8-12(9-11-13)14-17(3)15(21)19(5)16(22)18(14)4/h8-11,14H,6-7H2,1-5H3. The zero-order valence-corrected chi connectivity index (χ0v) is 13.9. The first-order valence-corrected chi connectivity index (χ1v) is 7.54. The van der Waals surface area contributed by atoms with Crippen LogP contribution in [-0.4, -0.2) is 61.0 Å². The third-order valence-corrected chi connectivity index (χ3v) is 4.23. The van der Waals surface area contributed by atoms with Gasteiger partial charge < -0.3 is 14.7 Å². The van der Waals surface area contributed by atoms with Crippen LogP contribution in [0.2, 0.25) is 0 Å². The van der Waals surface area contributed by atoms with E-state index in [9.17, 15) is 9.59 Å². The van der Waals surface area contributed by atoms with E-state index in [1.807, 2.05) is 24.3 Å². The first kappa shape index (κ1) is 16.1. The Hall–Kier alpha value is -2.24. The highest BCUT2D eigenvalue weighted by Crippen LogP contribution is 2.29. The molecule has 2 rings (SSSR count). The van der Waals surface area contributed by atoms with Crippen molar-refractivity contribution < 1.29 is 9.59 Å². The summed E-state index contributed by atoms with van der Waals surface area (Å²) in [5.41, 5.74) is 2.07. The predicted octanol–water partition coefficient (Wildman–Crippen LogP) is 2.58. The Balaban J connectivity index is 2.30. The SMILES string of the molecule is CCN(CC)c1ccc(C2N(C)C(=O)N(C)C(=O)N2C)cc1. The van der Waals surface area contributed by atoms with E-state index in [0.29, 0.717) is 0 Å². The van der Waals surface area contributed by atoms with Gasteiger partial charge in [-0.05, 0) is 31.5 Å². The van der Waals surface area contributed by atoms with Crippen LogP contribution < -0.4 is 4.90 Å². The fourth-order valence-corrected chi connectivity index (χ4v) is 2.92. The maximum Gasteiger partial charge on any atom is 0.329 e. The second-order valence-corrected chi connectivity index (χ2v) is 5.48. The molecule has 120 valence electrons. The average molecular weight is 304 g/mol. The lowest BCUT2D eigenvalue weighted by Crippen LogP contribution is -2.58. The Bertz CT molecular complexity index is 532. The van der Waals surface area contributed by atoms with Gasteiger partial charge in [0.15, 0.2) is 0 Å². The van der Waals surface area contributed by atoms with Gasteiger partial charge in [-0.15, -0.1) is 0 Å². The summed E-state index contributed by atoms with van der Waals surface area (Å²) in [4.78, 5) is 30.8. The zero-order chi connectivity index (χ0) is 16.4. The molecule has 0 aliphatic carbocycles. The van der Waals surface area contributed by atoms with Gasteiger partial charge in [0.25, 0.3) is 0 Å². The molecule has 1 aliphatic rings. The molecule has 0 unspecified atom stereocenters. The minimum absolute atomic E-state index is 0.291. The molecule has 0 atom stereocenters. The van der Waals surface area contributed by atoms with E-state index < -0.39 is 0 Å². The summed E-state index contributed by atoms with van der Waals surface area (Å²) in [6.45, 7) is 6.13. The van der Waals surface area contributed by atoms with Crippen LogP contribution >= 0.6 is 0 Å². The van der Waals surface area contributed by atoms with Crippen molar-refractivity contribution in [3.63, 3.8) is 0 Å². The predicted molar refractivity (Wildman–Crippen MR) is 86.8 cm³/mol. The molecular formula is C16H24N4O2. The highest BCUT2D eigenvalue weighted by molar-refractivity contribution is 5.95. The number of urea groups is 2. The fourth-order valence-electron chi connectivity index (χ4n) is 2.92. The monoisotopic (exact) mass is 304 g/mol. The molecule has 0 bridgehead atoms. The van der Waals surface area contributed by atoms with E-state index >= 15 is 0 Å². The Morgan fingerprint density at radius 3 is 1.77 bits per heavy atom. The first-order valence-electron chi connectivity index (χ1n) is 7.54. The van der Waals surface area contributed by atoms with Crippen molar-refractivity contribution in [1.82, 2.24) is 14.7 Å². The van der Waals surface area contributed by atoms with Crippen LogP contribution in [0.25, 0.3) is 0 Å². The summed E-state index contributed by atoms with van der Waals surface area (Å²) in [6, 6.07) is 7.46. The van der Waals surface area contributed by atoms with Gasteiger partial charge in [-0.25, -0.2) is 14.5 Å². The van der Waals surface area contributed by atoms with Gasteiger partial charge in [-0.2, -0.15) is 0 Å². The fraction of sp³-hybridized carbons (Fsp3) is 0.500. The molecular weight excluding hydrogens is 280 g/mol. The number of anilines is 1. The lowest BCUT2D eigenvalue weighted by atomic mass is 10.1. The number of rotatable bonds is 4. The van der Waals surface area contributed by atoms with Crippen molar-refractivity contribution >= 4 is 17.7 Å². The van der Waals surface area contributed by atoms with Crippen molar-refractivity contribution in [3.05, 3.63) is 29.8 Å². The largest absolute Gasteiger partial charge is 0.372 e. The van der Waals surface area contributed by atoms with Crippen LogP contribution in [0, 0.1) is 0 Å². The van der Waals surface area contributed by atoms with Crippen molar-refractivity contribution in [1.29, 1.82) is 0 Å². The first-order chi connectivity index (χ1) is 10.4. The second-order valence-electron chi connectivity index (χ2n) is 5.48. The molecule has 22 heavy (non-hydrogen) atoms. The van der Waals surface area contributed by atoms with Crippen molar-refractivity contribution in [3.8, 4) is 0 Å². The molecule has 1 aliphatic heterocycles. The quantitative estimate of drug-likeness (QED) is 0.859. The van der Waals surface area contributed by atoms with E-state index in [1.54, 1.807) is 23.9 Å². The number of hydrogen-bond acceptors (Lipinski definition) is 3. The van der Waals surface area contributed by atoms with E-state index in [2.05, 4.69) is 18.7 Å². The van der Waals surface area contributed by atoms with Gasteiger partial charge in [-0.3, -0.25) is 0 Å². The number of imide groups is 1. The lowest BCUT2D eigenvalue weighted by molar-refractivity contribution is 0.0603. The summed E-state index contributed by atoms with van der Waals surface area (Å²) in [7, 11) is 4.92. The minimum atomic E-state index is -0.373. The van der Waals surface area contributed by atoms with Crippen LogP contribution in [0.15, 0.2) is 24.3 Å². The van der Waals surface area contributed by atoms with Crippen molar-refractivity contribution in [2.45, 2.75) is 20.0 Å². The number of benzene rings is 1. The number of amides is 4. The van der Waals surface area contributed by atoms with Crippen LogP contribution in [0.5, 0.6) is 0 Å². The van der Waals surface area contributed by atoms with Gasteiger partial charge in [0.2, 0.25) is 0 Å². The summed E-state index contributed by atoms with van der Waals surface area (Å²) in [6.07, 6.45) is -0.373. The van der Waals surface area contributed by atoms with Gasteiger partial charge in [0.1, 0.15) is 6.17 Å². The van der Waals surface area contributed by atoms with E-state index in [0.717, 1.165) is 29.2 Å². The normalized spacial score (nSPS) is 16.5. The number of hydrogen-bond donors (Lipinski definition) is 0. The lowest BCUT2D eigenvalue weighted by Gasteiger charge is -2.43. The number of nitrogens with zero attached hydrogens (tertiary/aromatic N) is 4. The molecule has 1 heterocycles. The molecule has 0 N–H and O–H groups in total. The third-order valence-electron chi connectivity index (χ3n) is 4.23. The van der Waals surface area contributed by atoms with Gasteiger partial charge in [0.05, 0.1) is 0 Å². The highest BCUT2D eigenvalue weighted by Gasteiger charge is 2.39. The molecule has 4 amide bonds. The Labute approximate surface area is 131 Å². The maximum atomic E-state index is 12.1. The second kappa shape index (κ2) is 6.25. The Morgan fingerprint density at radius 1 is 0.909 bits per heavy atom. The third kappa shape index (κ3) is 2.61. The molecule has 0 aromatic heterocycles. The number of carbonyl (C=O) groups excluding carboxylic acids is 2. The molecule has 6 nitrogen and oxygen atoms in total. The smallest absolute Gasteiger partial charge is 0.329 e. The molecule has 0 radical (unpaired) electrons. The topological polar surface area (TPSA) is 47.1 Å². The summed E-state index contributed by atoms with van der Waals surface area (Å²) >= 11 is 0.